The maximum atomic E-state index is 5.27. The third-order valence-electron chi connectivity index (χ3n) is 1.67. The third kappa shape index (κ3) is 1.87. The number of hydrogen-bond donors (Lipinski definition) is 0. The number of rotatable bonds is 3. The average molecular weight is 198 g/mol. The summed E-state index contributed by atoms with van der Waals surface area (Å²) >= 11 is 1.56. The van der Waals surface area contributed by atoms with Crippen LogP contribution < -0.4 is 0 Å². The van der Waals surface area contributed by atoms with Crippen LogP contribution in [0.2, 0.25) is 0 Å². The SMILES string of the molecule is CCOC1CC(c2nccs2)=NO1. The van der Waals surface area contributed by atoms with Crippen molar-refractivity contribution in [2.45, 2.75) is 19.6 Å². The smallest absolute Gasteiger partial charge is 0.232 e. The van der Waals surface area contributed by atoms with Crippen LogP contribution in [-0.2, 0) is 9.57 Å². The summed E-state index contributed by atoms with van der Waals surface area (Å²) in [6.07, 6.45) is 2.24. The molecule has 13 heavy (non-hydrogen) atoms. The summed E-state index contributed by atoms with van der Waals surface area (Å²) in [7, 11) is 0. The van der Waals surface area contributed by atoms with Crippen LogP contribution in [0.3, 0.4) is 0 Å². The van der Waals surface area contributed by atoms with Gasteiger partial charge in [0.1, 0.15) is 10.7 Å². The molecule has 0 amide bonds. The van der Waals surface area contributed by atoms with Gasteiger partial charge in [-0.15, -0.1) is 11.3 Å². The van der Waals surface area contributed by atoms with E-state index in [4.69, 9.17) is 9.57 Å². The van der Waals surface area contributed by atoms with Crippen molar-refractivity contribution < 1.29 is 9.57 Å². The van der Waals surface area contributed by atoms with E-state index in [-0.39, 0.29) is 6.29 Å². The number of aromatic nitrogens is 1. The highest BCUT2D eigenvalue weighted by atomic mass is 32.1. The first kappa shape index (κ1) is 8.65. The lowest BCUT2D eigenvalue weighted by atomic mass is 10.3. The van der Waals surface area contributed by atoms with Gasteiger partial charge in [0.15, 0.2) is 0 Å². The molecule has 70 valence electrons. The minimum atomic E-state index is -0.219. The molecule has 0 spiro atoms. The van der Waals surface area contributed by atoms with Crippen molar-refractivity contribution in [3.63, 3.8) is 0 Å². The van der Waals surface area contributed by atoms with Crippen molar-refractivity contribution in [1.82, 2.24) is 4.98 Å². The second kappa shape index (κ2) is 3.85. The fourth-order valence-corrected chi connectivity index (χ4v) is 1.75. The highest BCUT2D eigenvalue weighted by Gasteiger charge is 2.23. The zero-order valence-corrected chi connectivity index (χ0v) is 8.08. The number of hydrogen-bond acceptors (Lipinski definition) is 5. The zero-order chi connectivity index (χ0) is 9.10. The molecule has 2 rings (SSSR count). The van der Waals surface area contributed by atoms with Crippen molar-refractivity contribution in [2.75, 3.05) is 6.61 Å². The Labute approximate surface area is 80.2 Å². The highest BCUT2D eigenvalue weighted by Crippen LogP contribution is 2.18. The summed E-state index contributed by atoms with van der Waals surface area (Å²) in [6.45, 7) is 2.58. The predicted octanol–water partition coefficient (Wildman–Crippen LogP) is 1.63. The normalized spacial score (nSPS) is 21.3. The average Bonchev–Trinajstić information content (AvgIpc) is 2.70. The van der Waals surface area contributed by atoms with Crippen molar-refractivity contribution in [3.8, 4) is 0 Å². The summed E-state index contributed by atoms with van der Waals surface area (Å²) in [6, 6.07) is 0. The molecule has 2 heterocycles. The first-order valence-corrected chi connectivity index (χ1v) is 5.02. The van der Waals surface area contributed by atoms with E-state index in [1.165, 1.54) is 0 Å². The fraction of sp³-hybridized carbons (Fsp3) is 0.500. The van der Waals surface area contributed by atoms with E-state index in [0.29, 0.717) is 13.0 Å². The first-order chi connectivity index (χ1) is 6.40. The van der Waals surface area contributed by atoms with Gasteiger partial charge in [0, 0.05) is 18.2 Å². The molecule has 1 aromatic rings. The monoisotopic (exact) mass is 198 g/mol. The maximum absolute atomic E-state index is 5.27. The van der Waals surface area contributed by atoms with Gasteiger partial charge in [-0.2, -0.15) is 0 Å². The largest absolute Gasteiger partial charge is 0.363 e. The number of oxime groups is 1. The Hall–Kier alpha value is -0.940. The second-order valence-electron chi connectivity index (χ2n) is 2.57. The van der Waals surface area contributed by atoms with Crippen LogP contribution >= 0.6 is 11.3 Å². The van der Waals surface area contributed by atoms with Gasteiger partial charge in [-0.3, -0.25) is 0 Å². The van der Waals surface area contributed by atoms with Crippen LogP contribution in [0, 0.1) is 0 Å². The van der Waals surface area contributed by atoms with Gasteiger partial charge in [-0.05, 0) is 6.92 Å². The molecule has 1 aliphatic rings. The predicted molar refractivity (Wildman–Crippen MR) is 49.8 cm³/mol. The summed E-state index contributed by atoms with van der Waals surface area (Å²) < 4.78 is 5.27. The number of thiazole rings is 1. The van der Waals surface area contributed by atoms with Gasteiger partial charge >= 0.3 is 0 Å². The van der Waals surface area contributed by atoms with Gasteiger partial charge in [-0.25, -0.2) is 4.98 Å². The van der Waals surface area contributed by atoms with Gasteiger partial charge < -0.3 is 9.57 Å². The lowest BCUT2D eigenvalue weighted by Crippen LogP contribution is -2.12. The maximum Gasteiger partial charge on any atom is 0.232 e. The van der Waals surface area contributed by atoms with Crippen LogP contribution in [0.1, 0.15) is 18.4 Å². The molecular weight excluding hydrogens is 188 g/mol. The van der Waals surface area contributed by atoms with Crippen LogP contribution in [0.5, 0.6) is 0 Å². The van der Waals surface area contributed by atoms with Crippen molar-refractivity contribution in [3.05, 3.63) is 16.6 Å². The number of ether oxygens (including phenoxy) is 1. The van der Waals surface area contributed by atoms with E-state index in [2.05, 4.69) is 10.1 Å². The van der Waals surface area contributed by atoms with Gasteiger partial charge in [0.05, 0.1) is 6.42 Å². The summed E-state index contributed by atoms with van der Waals surface area (Å²) in [5.74, 6) is 0. The van der Waals surface area contributed by atoms with Gasteiger partial charge in [-0.1, -0.05) is 5.16 Å². The standard InChI is InChI=1S/C8H10N2O2S/c1-2-11-7-5-6(10-12-7)8-9-3-4-13-8/h3-4,7H,2,5H2,1H3. The Morgan fingerprint density at radius 2 is 2.69 bits per heavy atom. The van der Waals surface area contributed by atoms with Crippen LogP contribution in [0.25, 0.3) is 0 Å². The Morgan fingerprint density at radius 1 is 1.77 bits per heavy atom. The molecule has 0 radical (unpaired) electrons. The lowest BCUT2D eigenvalue weighted by Gasteiger charge is -2.05. The third-order valence-corrected chi connectivity index (χ3v) is 2.49. The van der Waals surface area contributed by atoms with E-state index in [1.54, 1.807) is 17.5 Å². The topological polar surface area (TPSA) is 43.7 Å². The summed E-state index contributed by atoms with van der Waals surface area (Å²) in [5.41, 5.74) is 0.883. The van der Waals surface area contributed by atoms with E-state index in [1.807, 2.05) is 12.3 Å². The minimum absolute atomic E-state index is 0.219. The molecule has 0 saturated carbocycles. The zero-order valence-electron chi connectivity index (χ0n) is 7.27. The molecule has 1 aromatic heterocycles. The van der Waals surface area contributed by atoms with Gasteiger partial charge in [0.25, 0.3) is 0 Å². The molecule has 0 fully saturated rings. The molecule has 0 aliphatic carbocycles. The van der Waals surface area contributed by atoms with Gasteiger partial charge in [0.2, 0.25) is 6.29 Å². The molecule has 1 unspecified atom stereocenters. The summed E-state index contributed by atoms with van der Waals surface area (Å²) in [4.78, 5) is 9.21. The number of nitrogens with zero attached hydrogens (tertiary/aromatic N) is 2. The second-order valence-corrected chi connectivity index (χ2v) is 3.46. The van der Waals surface area contributed by atoms with E-state index < -0.39 is 0 Å². The molecule has 0 aromatic carbocycles. The van der Waals surface area contributed by atoms with Crippen molar-refractivity contribution >= 4 is 17.0 Å². The van der Waals surface area contributed by atoms with E-state index in [0.717, 1.165) is 10.7 Å². The Bertz CT molecular complexity index is 297. The first-order valence-electron chi connectivity index (χ1n) is 4.14. The Kier molecular flexibility index (Phi) is 2.56. The lowest BCUT2D eigenvalue weighted by molar-refractivity contribution is -0.120. The van der Waals surface area contributed by atoms with E-state index >= 15 is 0 Å². The van der Waals surface area contributed by atoms with Crippen molar-refractivity contribution in [1.29, 1.82) is 0 Å². The molecule has 0 bridgehead atoms. The molecule has 4 nitrogen and oxygen atoms in total. The molecule has 1 aliphatic heterocycles. The highest BCUT2D eigenvalue weighted by molar-refractivity contribution is 7.11. The Balaban J connectivity index is 1.98. The quantitative estimate of drug-likeness (QED) is 0.741. The van der Waals surface area contributed by atoms with Crippen molar-refractivity contribution in [2.24, 2.45) is 5.16 Å². The molecular formula is C8H10N2O2S. The molecule has 5 heteroatoms. The summed E-state index contributed by atoms with van der Waals surface area (Å²) in [5, 5.41) is 6.76. The minimum Gasteiger partial charge on any atom is -0.363 e. The molecule has 0 saturated heterocycles. The molecule has 0 N–H and O–H groups in total. The fourth-order valence-electron chi connectivity index (χ4n) is 1.12. The van der Waals surface area contributed by atoms with Crippen LogP contribution in [-0.4, -0.2) is 23.6 Å². The van der Waals surface area contributed by atoms with Crippen LogP contribution in [0.15, 0.2) is 16.7 Å². The Morgan fingerprint density at radius 3 is 3.38 bits per heavy atom. The molecule has 1 atom stereocenters. The van der Waals surface area contributed by atoms with E-state index in [9.17, 15) is 0 Å². The van der Waals surface area contributed by atoms with Crippen LogP contribution in [0.4, 0.5) is 0 Å².